The molecule has 0 aromatic carbocycles. The summed E-state index contributed by atoms with van der Waals surface area (Å²) in [6, 6.07) is 4.44. The molecule has 0 bridgehead atoms. The average Bonchev–Trinajstić information content (AvgIpc) is 3.56. The first kappa shape index (κ1) is 24.1. The third-order valence-electron chi connectivity index (χ3n) is 6.61. The van der Waals surface area contributed by atoms with Gasteiger partial charge in [-0.25, -0.2) is 9.97 Å². The Morgan fingerprint density at radius 1 is 1.19 bits per heavy atom. The van der Waals surface area contributed by atoms with Gasteiger partial charge in [-0.15, -0.1) is 0 Å². The molecule has 188 valence electrons. The number of anilines is 2. The summed E-state index contributed by atoms with van der Waals surface area (Å²) >= 11 is 6.13. The number of rotatable bonds is 9. The molecule has 0 radical (unpaired) electrons. The van der Waals surface area contributed by atoms with Crippen molar-refractivity contribution in [1.29, 1.82) is 5.26 Å². The zero-order chi connectivity index (χ0) is 25.1. The fourth-order valence-corrected chi connectivity index (χ4v) is 4.27. The highest BCUT2D eigenvalue weighted by atomic mass is 35.5. The van der Waals surface area contributed by atoms with E-state index in [0.29, 0.717) is 30.0 Å². The van der Waals surface area contributed by atoms with Crippen molar-refractivity contribution in [3.05, 3.63) is 30.1 Å². The highest BCUT2D eigenvalue weighted by Gasteiger charge is 2.44. The van der Waals surface area contributed by atoms with E-state index < -0.39 is 5.41 Å². The van der Waals surface area contributed by atoms with Crippen molar-refractivity contribution >= 4 is 23.4 Å². The maximum Gasteiger partial charge on any atom is 0.322 e. The van der Waals surface area contributed by atoms with Crippen LogP contribution in [0, 0.1) is 22.7 Å². The van der Waals surface area contributed by atoms with Crippen molar-refractivity contribution in [2.45, 2.75) is 25.7 Å². The number of nitriles is 1. The van der Waals surface area contributed by atoms with Gasteiger partial charge in [-0.05, 0) is 49.3 Å². The molecule has 1 N–H and O–H groups in total. The van der Waals surface area contributed by atoms with Crippen LogP contribution in [-0.2, 0) is 7.05 Å². The molecule has 1 aliphatic carbocycles. The van der Waals surface area contributed by atoms with Crippen LogP contribution in [0.1, 0.15) is 25.7 Å². The van der Waals surface area contributed by atoms with Crippen LogP contribution < -0.4 is 19.7 Å². The van der Waals surface area contributed by atoms with Gasteiger partial charge in [-0.1, -0.05) is 0 Å². The summed E-state index contributed by atoms with van der Waals surface area (Å²) in [6.45, 7) is 2.38. The molecule has 1 saturated heterocycles. The predicted molar refractivity (Wildman–Crippen MR) is 134 cm³/mol. The highest BCUT2D eigenvalue weighted by molar-refractivity contribution is 6.28. The van der Waals surface area contributed by atoms with Gasteiger partial charge in [0, 0.05) is 45.1 Å². The minimum Gasteiger partial charge on any atom is -0.489 e. The van der Waals surface area contributed by atoms with Gasteiger partial charge in [0.1, 0.15) is 6.61 Å². The molecule has 1 aliphatic heterocycles. The molecule has 5 rings (SSSR count). The molecule has 0 unspecified atom stereocenters. The van der Waals surface area contributed by atoms with Crippen molar-refractivity contribution in [2.24, 2.45) is 18.4 Å². The van der Waals surface area contributed by atoms with E-state index in [4.69, 9.17) is 21.1 Å². The molecular formula is C24H28ClN9O2. The largest absolute Gasteiger partial charge is 0.489 e. The molecule has 4 heterocycles. The highest BCUT2D eigenvalue weighted by Crippen LogP contribution is 2.45. The molecule has 12 heteroatoms. The second-order valence-corrected chi connectivity index (χ2v) is 9.69. The summed E-state index contributed by atoms with van der Waals surface area (Å²) in [6.07, 6.45) is 9.02. The van der Waals surface area contributed by atoms with E-state index in [-0.39, 0.29) is 17.9 Å². The van der Waals surface area contributed by atoms with Crippen LogP contribution in [0.25, 0.3) is 11.3 Å². The standard InChI is InChI=1S/C24H28ClN9O2/c1-27-20-19(9-17(10-28-20)18-11-33(2)15-29-18)35-12-16-3-7-34(8-4-16)22-30-21(25)31-23(32-22)36-14-24(13-26)5-6-24/h9-11,15-16H,3-8,12,14H2,1-2H3,(H,27,28). The topological polar surface area (TPSA) is 127 Å². The van der Waals surface area contributed by atoms with Gasteiger partial charge in [0.05, 0.1) is 30.1 Å². The number of nitrogens with zero attached hydrogens (tertiary/aromatic N) is 8. The van der Waals surface area contributed by atoms with Crippen LogP contribution >= 0.6 is 11.6 Å². The number of hydrogen-bond acceptors (Lipinski definition) is 10. The Morgan fingerprint density at radius 2 is 2.00 bits per heavy atom. The second-order valence-electron chi connectivity index (χ2n) is 9.35. The van der Waals surface area contributed by atoms with Gasteiger partial charge in [0.15, 0.2) is 11.6 Å². The fourth-order valence-electron chi connectivity index (χ4n) is 4.12. The summed E-state index contributed by atoms with van der Waals surface area (Å²) in [5, 5.41) is 12.4. The van der Waals surface area contributed by atoms with Crippen molar-refractivity contribution < 1.29 is 9.47 Å². The summed E-state index contributed by atoms with van der Waals surface area (Å²) in [4.78, 5) is 23.8. The normalized spacial score (nSPS) is 16.9. The average molecular weight is 510 g/mol. The number of aryl methyl sites for hydroxylation is 1. The van der Waals surface area contributed by atoms with Crippen LogP contribution in [0.15, 0.2) is 24.8 Å². The van der Waals surface area contributed by atoms with Gasteiger partial charge in [-0.2, -0.15) is 20.2 Å². The Bertz CT molecular complexity index is 1260. The summed E-state index contributed by atoms with van der Waals surface area (Å²) in [5.41, 5.74) is 1.36. The molecule has 0 amide bonds. The molecule has 2 aliphatic rings. The van der Waals surface area contributed by atoms with Crippen LogP contribution in [0.4, 0.5) is 11.8 Å². The van der Waals surface area contributed by atoms with Crippen molar-refractivity contribution in [3.8, 4) is 29.1 Å². The van der Waals surface area contributed by atoms with Gasteiger partial charge >= 0.3 is 6.01 Å². The van der Waals surface area contributed by atoms with E-state index >= 15 is 0 Å². The van der Waals surface area contributed by atoms with E-state index in [0.717, 1.165) is 50.0 Å². The first-order valence-corrected chi connectivity index (χ1v) is 12.3. The molecule has 0 spiro atoms. The van der Waals surface area contributed by atoms with E-state index in [1.165, 1.54) is 0 Å². The lowest BCUT2D eigenvalue weighted by molar-refractivity contribution is 0.222. The van der Waals surface area contributed by atoms with Gasteiger partial charge < -0.3 is 24.3 Å². The molecule has 11 nitrogen and oxygen atoms in total. The Morgan fingerprint density at radius 3 is 2.67 bits per heavy atom. The quantitative estimate of drug-likeness (QED) is 0.458. The number of ether oxygens (including phenoxy) is 2. The Hall–Kier alpha value is -3.65. The van der Waals surface area contributed by atoms with Crippen molar-refractivity contribution in [1.82, 2.24) is 29.5 Å². The van der Waals surface area contributed by atoms with Crippen molar-refractivity contribution in [2.75, 3.05) is 43.6 Å². The zero-order valence-corrected chi connectivity index (χ0v) is 21.1. The maximum atomic E-state index is 9.25. The van der Waals surface area contributed by atoms with E-state index in [1.807, 2.05) is 30.9 Å². The molecule has 3 aromatic rings. The second kappa shape index (κ2) is 10.1. The smallest absolute Gasteiger partial charge is 0.322 e. The van der Waals surface area contributed by atoms with Gasteiger partial charge in [0.2, 0.25) is 11.2 Å². The predicted octanol–water partition coefficient (Wildman–Crippen LogP) is 3.34. The minimum atomic E-state index is -0.405. The first-order valence-electron chi connectivity index (χ1n) is 12.0. The SMILES string of the molecule is CNc1ncc(-c2cn(C)cn2)cc1OCC1CCN(c2nc(Cl)nc(OCC3(C#N)CC3)n2)CC1. The lowest BCUT2D eigenvalue weighted by Gasteiger charge is -2.32. The first-order chi connectivity index (χ1) is 17.5. The molecular weight excluding hydrogens is 482 g/mol. The number of piperidine rings is 1. The monoisotopic (exact) mass is 509 g/mol. The molecule has 2 fully saturated rings. The molecule has 1 saturated carbocycles. The minimum absolute atomic E-state index is 0.0853. The van der Waals surface area contributed by atoms with Gasteiger partial charge in [-0.3, -0.25) is 0 Å². The molecule has 36 heavy (non-hydrogen) atoms. The third kappa shape index (κ3) is 5.44. The van der Waals surface area contributed by atoms with E-state index in [9.17, 15) is 5.26 Å². The molecule has 0 atom stereocenters. The van der Waals surface area contributed by atoms with Crippen LogP contribution in [0.3, 0.4) is 0 Å². The Kier molecular flexibility index (Phi) is 6.78. The fraction of sp³-hybridized carbons (Fsp3) is 0.500. The lowest BCUT2D eigenvalue weighted by Crippen LogP contribution is -2.36. The van der Waals surface area contributed by atoms with Crippen LogP contribution in [0.5, 0.6) is 11.8 Å². The number of imidazole rings is 1. The van der Waals surface area contributed by atoms with Gasteiger partial charge in [0.25, 0.3) is 0 Å². The Labute approximate surface area is 214 Å². The number of halogens is 1. The van der Waals surface area contributed by atoms with Crippen LogP contribution in [-0.4, -0.2) is 62.8 Å². The lowest BCUT2D eigenvalue weighted by atomic mass is 9.98. The third-order valence-corrected chi connectivity index (χ3v) is 6.78. The Balaban J connectivity index is 1.17. The van der Waals surface area contributed by atoms with Crippen molar-refractivity contribution in [3.63, 3.8) is 0 Å². The van der Waals surface area contributed by atoms with E-state index in [2.05, 4.69) is 41.2 Å². The number of nitrogens with one attached hydrogen (secondary N) is 1. The molecule has 3 aromatic heterocycles. The van der Waals surface area contributed by atoms with E-state index in [1.54, 1.807) is 12.5 Å². The summed E-state index contributed by atoms with van der Waals surface area (Å²) in [7, 11) is 3.77. The summed E-state index contributed by atoms with van der Waals surface area (Å²) < 4.78 is 13.8. The summed E-state index contributed by atoms with van der Waals surface area (Å²) in [5.74, 6) is 2.28. The number of hydrogen-bond donors (Lipinski definition) is 1. The maximum absolute atomic E-state index is 9.25. The number of aromatic nitrogens is 6. The zero-order valence-electron chi connectivity index (χ0n) is 20.3. The van der Waals surface area contributed by atoms with Crippen LogP contribution in [0.2, 0.25) is 5.28 Å². The number of pyridine rings is 1.